The van der Waals surface area contributed by atoms with Gasteiger partial charge < -0.3 is 25.0 Å². The number of nitrogens with one attached hydrogen (secondary N) is 2. The summed E-state index contributed by atoms with van der Waals surface area (Å²) in [6.07, 6.45) is 0. The maximum absolute atomic E-state index is 13.2. The fourth-order valence-electron chi connectivity index (χ4n) is 3.71. The average molecular weight is 508 g/mol. The molecule has 9 heteroatoms. The molecule has 9 nitrogen and oxygen atoms in total. The number of amides is 3. The Balaban J connectivity index is 1.81. The van der Waals surface area contributed by atoms with Crippen LogP contribution in [0.4, 0.5) is 16.3 Å². The van der Waals surface area contributed by atoms with Crippen LogP contribution in [-0.4, -0.2) is 60.5 Å². The van der Waals surface area contributed by atoms with Crippen molar-refractivity contribution >= 4 is 23.4 Å². The highest BCUT2D eigenvalue weighted by Gasteiger charge is 2.23. The third-order valence-corrected chi connectivity index (χ3v) is 5.87. The quantitative estimate of drug-likeness (QED) is 0.429. The minimum atomic E-state index is -0.377. The zero-order valence-corrected chi connectivity index (χ0v) is 22.7. The van der Waals surface area contributed by atoms with E-state index in [4.69, 9.17) is 14.6 Å². The van der Waals surface area contributed by atoms with E-state index in [1.165, 1.54) is 4.90 Å². The SMILES string of the molecule is COCCN(CC(=O)Nc1cc(C(C)(C)C)nn1-c1ccc(OC)cc1)C(=O)Nc1ccc(C)cc1C. The molecule has 0 fully saturated rings. The van der Waals surface area contributed by atoms with E-state index in [1.807, 2.05) is 62.4 Å². The van der Waals surface area contributed by atoms with E-state index in [2.05, 4.69) is 31.4 Å². The fraction of sp³-hybridized carbons (Fsp3) is 0.393. The first-order valence-electron chi connectivity index (χ1n) is 12.2. The molecule has 0 saturated heterocycles. The van der Waals surface area contributed by atoms with E-state index in [0.29, 0.717) is 18.1 Å². The van der Waals surface area contributed by atoms with Gasteiger partial charge >= 0.3 is 6.03 Å². The van der Waals surface area contributed by atoms with Crippen molar-refractivity contribution in [3.05, 3.63) is 65.4 Å². The summed E-state index contributed by atoms with van der Waals surface area (Å²) in [6.45, 7) is 10.5. The van der Waals surface area contributed by atoms with Crippen molar-refractivity contribution in [1.82, 2.24) is 14.7 Å². The molecule has 0 saturated carbocycles. The van der Waals surface area contributed by atoms with Crippen LogP contribution in [0.2, 0.25) is 0 Å². The molecule has 3 amide bonds. The zero-order valence-electron chi connectivity index (χ0n) is 22.7. The normalized spacial score (nSPS) is 11.2. The molecule has 198 valence electrons. The molecule has 2 N–H and O–H groups in total. The van der Waals surface area contributed by atoms with E-state index in [9.17, 15) is 9.59 Å². The van der Waals surface area contributed by atoms with Crippen molar-refractivity contribution in [2.45, 2.75) is 40.0 Å². The largest absolute Gasteiger partial charge is 0.497 e. The maximum Gasteiger partial charge on any atom is 0.322 e. The van der Waals surface area contributed by atoms with Gasteiger partial charge in [0.05, 0.1) is 25.1 Å². The summed E-state index contributed by atoms with van der Waals surface area (Å²) < 4.78 is 12.1. The third kappa shape index (κ3) is 7.33. The molecule has 0 spiro atoms. The standard InChI is InChI=1S/C28H37N5O4/c1-19-8-13-23(20(2)16-19)29-27(35)32(14-15-36-6)18-26(34)30-25-17-24(28(3,4)5)31-33(25)21-9-11-22(37-7)12-10-21/h8-13,16-17H,14-15,18H2,1-7H3,(H,29,35)(H,30,34). The van der Waals surface area contributed by atoms with Crippen LogP contribution in [-0.2, 0) is 14.9 Å². The molecule has 3 rings (SSSR count). The number of hydrogen-bond donors (Lipinski definition) is 2. The van der Waals surface area contributed by atoms with Crippen molar-refractivity contribution in [2.24, 2.45) is 0 Å². The van der Waals surface area contributed by atoms with Crippen LogP contribution >= 0.6 is 0 Å². The van der Waals surface area contributed by atoms with Crippen LogP contribution in [0.25, 0.3) is 5.69 Å². The number of urea groups is 1. The molecule has 0 radical (unpaired) electrons. The predicted molar refractivity (Wildman–Crippen MR) is 146 cm³/mol. The highest BCUT2D eigenvalue weighted by atomic mass is 16.5. The molecule has 1 aromatic heterocycles. The number of carbonyl (C=O) groups is 2. The van der Waals surface area contributed by atoms with Gasteiger partial charge in [-0.3, -0.25) is 4.79 Å². The number of carbonyl (C=O) groups excluding carboxylic acids is 2. The van der Waals surface area contributed by atoms with Crippen molar-refractivity contribution in [3.63, 3.8) is 0 Å². The van der Waals surface area contributed by atoms with E-state index in [-0.39, 0.29) is 30.4 Å². The molecular weight excluding hydrogens is 470 g/mol. The lowest BCUT2D eigenvalue weighted by Crippen LogP contribution is -2.42. The molecule has 37 heavy (non-hydrogen) atoms. The summed E-state index contributed by atoms with van der Waals surface area (Å²) in [5.74, 6) is 0.893. The molecule has 2 aromatic carbocycles. The lowest BCUT2D eigenvalue weighted by molar-refractivity contribution is -0.116. The average Bonchev–Trinajstić information content (AvgIpc) is 3.27. The lowest BCUT2D eigenvalue weighted by Gasteiger charge is -2.23. The molecule has 0 unspecified atom stereocenters. The number of aryl methyl sites for hydroxylation is 2. The first kappa shape index (κ1) is 27.7. The Labute approximate surface area is 218 Å². The first-order chi connectivity index (χ1) is 17.5. The Kier molecular flexibility index (Phi) is 8.94. The predicted octanol–water partition coefficient (Wildman–Crippen LogP) is 4.91. The van der Waals surface area contributed by atoms with Gasteiger partial charge in [-0.25, -0.2) is 9.48 Å². The number of anilines is 2. The van der Waals surface area contributed by atoms with E-state index in [0.717, 1.165) is 28.3 Å². The molecule has 0 atom stereocenters. The second-order valence-corrected chi connectivity index (χ2v) is 9.99. The molecule has 1 heterocycles. The van der Waals surface area contributed by atoms with Gasteiger partial charge in [-0.05, 0) is 49.7 Å². The Morgan fingerprint density at radius 3 is 2.30 bits per heavy atom. The fourth-order valence-corrected chi connectivity index (χ4v) is 3.71. The van der Waals surface area contributed by atoms with Crippen LogP contribution in [0, 0.1) is 13.8 Å². The van der Waals surface area contributed by atoms with Crippen molar-refractivity contribution in [3.8, 4) is 11.4 Å². The molecule has 0 aliphatic rings. The zero-order chi connectivity index (χ0) is 27.2. The topological polar surface area (TPSA) is 97.7 Å². The van der Waals surface area contributed by atoms with Crippen LogP contribution in [0.5, 0.6) is 5.75 Å². The Hall–Kier alpha value is -3.85. The number of nitrogens with zero attached hydrogens (tertiary/aromatic N) is 3. The minimum absolute atomic E-state index is 0.154. The second-order valence-electron chi connectivity index (χ2n) is 9.99. The van der Waals surface area contributed by atoms with Gasteiger partial charge in [-0.15, -0.1) is 0 Å². The summed E-state index contributed by atoms with van der Waals surface area (Å²) in [4.78, 5) is 27.7. The van der Waals surface area contributed by atoms with E-state index < -0.39 is 0 Å². The van der Waals surface area contributed by atoms with Crippen LogP contribution < -0.4 is 15.4 Å². The highest BCUT2D eigenvalue weighted by molar-refractivity contribution is 5.97. The second kappa shape index (κ2) is 11.9. The Bertz CT molecular complexity index is 1230. The molecule has 0 aliphatic heterocycles. The smallest absolute Gasteiger partial charge is 0.322 e. The van der Waals surface area contributed by atoms with Crippen LogP contribution in [0.15, 0.2) is 48.5 Å². The monoisotopic (exact) mass is 507 g/mol. The van der Waals surface area contributed by atoms with Crippen LogP contribution in [0.3, 0.4) is 0 Å². The van der Waals surface area contributed by atoms with Gasteiger partial charge in [0.15, 0.2) is 0 Å². The summed E-state index contributed by atoms with van der Waals surface area (Å²) in [7, 11) is 3.17. The number of methoxy groups -OCH3 is 2. The van der Waals surface area contributed by atoms with Gasteiger partial charge in [0.1, 0.15) is 18.1 Å². The summed E-state index contributed by atoms with van der Waals surface area (Å²) in [6, 6.07) is 14.7. The van der Waals surface area contributed by atoms with E-state index >= 15 is 0 Å². The number of ether oxygens (including phenoxy) is 2. The van der Waals surface area contributed by atoms with Gasteiger partial charge in [0, 0.05) is 30.8 Å². The minimum Gasteiger partial charge on any atom is -0.497 e. The summed E-state index contributed by atoms with van der Waals surface area (Å²) >= 11 is 0. The van der Waals surface area contributed by atoms with Gasteiger partial charge in [0.2, 0.25) is 5.91 Å². The summed E-state index contributed by atoms with van der Waals surface area (Å²) in [5, 5.41) is 10.6. The van der Waals surface area contributed by atoms with Crippen molar-refractivity contribution in [1.29, 1.82) is 0 Å². The lowest BCUT2D eigenvalue weighted by atomic mass is 9.92. The van der Waals surface area contributed by atoms with Crippen molar-refractivity contribution < 1.29 is 19.1 Å². The van der Waals surface area contributed by atoms with Gasteiger partial charge in [-0.2, -0.15) is 5.10 Å². The molecular formula is C28H37N5O4. The van der Waals surface area contributed by atoms with Gasteiger partial charge in [-0.1, -0.05) is 38.5 Å². The molecule has 3 aromatic rings. The van der Waals surface area contributed by atoms with Crippen LogP contribution in [0.1, 0.15) is 37.6 Å². The van der Waals surface area contributed by atoms with E-state index in [1.54, 1.807) is 18.9 Å². The van der Waals surface area contributed by atoms with Gasteiger partial charge in [0.25, 0.3) is 0 Å². The highest BCUT2D eigenvalue weighted by Crippen LogP contribution is 2.27. The first-order valence-corrected chi connectivity index (χ1v) is 12.2. The maximum atomic E-state index is 13.2. The molecule has 0 aliphatic carbocycles. The number of hydrogen-bond acceptors (Lipinski definition) is 5. The Morgan fingerprint density at radius 2 is 1.70 bits per heavy atom. The number of benzene rings is 2. The number of rotatable bonds is 9. The molecule has 0 bridgehead atoms. The van der Waals surface area contributed by atoms with Crippen molar-refractivity contribution in [2.75, 3.05) is 44.5 Å². The summed E-state index contributed by atoms with van der Waals surface area (Å²) in [5.41, 5.74) is 4.12. The Morgan fingerprint density at radius 1 is 1.00 bits per heavy atom. The third-order valence-electron chi connectivity index (χ3n) is 5.87. The number of aromatic nitrogens is 2.